The number of ketones is 2. The number of hydrogen-bond acceptors (Lipinski definition) is 4. The van der Waals surface area contributed by atoms with Gasteiger partial charge in [0.1, 0.15) is 17.6 Å². The van der Waals surface area contributed by atoms with Gasteiger partial charge in [-0.25, -0.2) is 0 Å². The molecule has 132 valence electrons. The zero-order chi connectivity index (χ0) is 17.7. The molecule has 0 aliphatic heterocycles. The van der Waals surface area contributed by atoms with Gasteiger partial charge < -0.3 is 10.6 Å². The van der Waals surface area contributed by atoms with Crippen LogP contribution in [0.4, 0.5) is 0 Å². The van der Waals surface area contributed by atoms with Crippen molar-refractivity contribution in [2.45, 2.75) is 51.5 Å². The first-order chi connectivity index (χ1) is 10.9. The Morgan fingerprint density at radius 1 is 0.957 bits per heavy atom. The predicted molar refractivity (Wildman–Crippen MR) is 106 cm³/mol. The standard InChI is InChI=1S/C15H24I2N2O4/c1-2-11(20)6-4-8-18-15(23)13(19-14(22)10-17)7-3-5-12(21)9-16/h13H,2-10H2,1H3,(H,18,23)(H,19,22). The first-order valence-electron chi connectivity index (χ1n) is 7.67. The van der Waals surface area contributed by atoms with Crippen molar-refractivity contribution in [3.8, 4) is 0 Å². The smallest absolute Gasteiger partial charge is 0.242 e. The van der Waals surface area contributed by atoms with Gasteiger partial charge in [-0.05, 0) is 19.3 Å². The Labute approximate surface area is 164 Å². The molecule has 0 aromatic heterocycles. The van der Waals surface area contributed by atoms with E-state index in [1.165, 1.54) is 0 Å². The number of hydrogen-bond donors (Lipinski definition) is 2. The average Bonchev–Trinajstić information content (AvgIpc) is 2.56. The molecule has 1 atom stereocenters. The number of rotatable bonds is 13. The van der Waals surface area contributed by atoms with E-state index in [4.69, 9.17) is 0 Å². The van der Waals surface area contributed by atoms with Crippen LogP contribution in [-0.2, 0) is 19.2 Å². The second-order valence-electron chi connectivity index (χ2n) is 5.11. The van der Waals surface area contributed by atoms with E-state index >= 15 is 0 Å². The summed E-state index contributed by atoms with van der Waals surface area (Å²) >= 11 is 3.95. The molecule has 0 rings (SSSR count). The molecule has 0 radical (unpaired) electrons. The fourth-order valence-corrected chi connectivity index (χ4v) is 2.47. The Morgan fingerprint density at radius 2 is 1.61 bits per heavy atom. The van der Waals surface area contributed by atoms with Crippen LogP contribution < -0.4 is 10.6 Å². The summed E-state index contributed by atoms with van der Waals surface area (Å²) < 4.78 is 0.736. The lowest BCUT2D eigenvalue weighted by Crippen LogP contribution is -2.47. The van der Waals surface area contributed by atoms with Crippen molar-refractivity contribution >= 4 is 68.6 Å². The second kappa shape index (κ2) is 14.1. The van der Waals surface area contributed by atoms with E-state index in [1.807, 2.05) is 52.1 Å². The van der Waals surface area contributed by atoms with Crippen molar-refractivity contribution in [1.29, 1.82) is 0 Å². The van der Waals surface area contributed by atoms with E-state index in [9.17, 15) is 19.2 Å². The maximum Gasteiger partial charge on any atom is 0.242 e. The first-order valence-corrected chi connectivity index (χ1v) is 10.7. The molecule has 6 nitrogen and oxygen atoms in total. The predicted octanol–water partition coefficient (Wildman–Crippen LogP) is 1.96. The largest absolute Gasteiger partial charge is 0.354 e. The van der Waals surface area contributed by atoms with Crippen molar-refractivity contribution < 1.29 is 19.2 Å². The molecule has 23 heavy (non-hydrogen) atoms. The normalized spacial score (nSPS) is 11.6. The van der Waals surface area contributed by atoms with E-state index in [-0.39, 0.29) is 27.8 Å². The molecule has 0 bridgehead atoms. The molecule has 0 aliphatic rings. The minimum atomic E-state index is -0.624. The number of alkyl halides is 2. The van der Waals surface area contributed by atoms with Crippen molar-refractivity contribution in [3.63, 3.8) is 0 Å². The molecule has 2 amide bonds. The van der Waals surface area contributed by atoms with Crippen LogP contribution in [0.25, 0.3) is 0 Å². The first kappa shape index (κ1) is 22.7. The molecule has 0 aliphatic carbocycles. The zero-order valence-corrected chi connectivity index (χ0v) is 17.6. The van der Waals surface area contributed by atoms with Crippen LogP contribution >= 0.6 is 45.2 Å². The maximum absolute atomic E-state index is 12.2. The molecule has 0 aromatic carbocycles. The monoisotopic (exact) mass is 550 g/mol. The van der Waals surface area contributed by atoms with Gasteiger partial charge in [0.15, 0.2) is 0 Å². The van der Waals surface area contributed by atoms with Gasteiger partial charge in [0, 0.05) is 25.8 Å². The lowest BCUT2D eigenvalue weighted by Gasteiger charge is -2.18. The van der Waals surface area contributed by atoms with Crippen molar-refractivity contribution in [2.75, 3.05) is 15.4 Å². The van der Waals surface area contributed by atoms with Crippen LogP contribution in [0.15, 0.2) is 0 Å². The average molecular weight is 550 g/mol. The third-order valence-corrected chi connectivity index (χ3v) is 4.74. The molecule has 8 heteroatoms. The fraction of sp³-hybridized carbons (Fsp3) is 0.733. The zero-order valence-electron chi connectivity index (χ0n) is 13.3. The summed E-state index contributed by atoms with van der Waals surface area (Å²) in [6.07, 6.45) is 2.97. The van der Waals surface area contributed by atoms with Crippen molar-refractivity contribution in [3.05, 3.63) is 0 Å². The summed E-state index contributed by atoms with van der Waals surface area (Å²) in [4.78, 5) is 46.2. The van der Waals surface area contributed by atoms with E-state index in [1.54, 1.807) is 0 Å². The van der Waals surface area contributed by atoms with Gasteiger partial charge in [-0.3, -0.25) is 19.2 Å². The van der Waals surface area contributed by atoms with Crippen molar-refractivity contribution in [1.82, 2.24) is 10.6 Å². The lowest BCUT2D eigenvalue weighted by atomic mass is 10.1. The minimum Gasteiger partial charge on any atom is -0.354 e. The summed E-state index contributed by atoms with van der Waals surface area (Å²) in [5.74, 6) is -0.143. The Hall–Kier alpha value is -0.260. The molecule has 0 spiro atoms. The number of amides is 2. The number of nitrogens with one attached hydrogen (secondary N) is 2. The summed E-state index contributed by atoms with van der Waals surface area (Å²) in [5.41, 5.74) is 0. The highest BCUT2D eigenvalue weighted by Gasteiger charge is 2.20. The SMILES string of the molecule is CCC(=O)CCCNC(=O)C(CCCC(=O)CI)NC(=O)CI. The topological polar surface area (TPSA) is 92.3 Å². The lowest BCUT2D eigenvalue weighted by molar-refractivity contribution is -0.128. The van der Waals surface area contributed by atoms with Gasteiger partial charge in [0.2, 0.25) is 11.8 Å². The number of Topliss-reactive ketones (excluding diaryl/α,β-unsaturated/α-hetero) is 2. The maximum atomic E-state index is 12.2. The quantitative estimate of drug-likeness (QED) is 0.209. The van der Waals surface area contributed by atoms with Gasteiger partial charge in [-0.2, -0.15) is 0 Å². The van der Waals surface area contributed by atoms with Gasteiger partial charge in [-0.1, -0.05) is 52.1 Å². The Balaban J connectivity index is 4.30. The van der Waals surface area contributed by atoms with Crippen molar-refractivity contribution in [2.24, 2.45) is 0 Å². The van der Waals surface area contributed by atoms with Gasteiger partial charge in [0.25, 0.3) is 0 Å². The molecular weight excluding hydrogens is 526 g/mol. The van der Waals surface area contributed by atoms with Gasteiger partial charge in [-0.15, -0.1) is 0 Å². The molecule has 0 aromatic rings. The molecule has 0 saturated carbocycles. The highest BCUT2D eigenvalue weighted by molar-refractivity contribution is 14.1. The third kappa shape index (κ3) is 11.8. The molecule has 2 N–H and O–H groups in total. The van der Waals surface area contributed by atoms with E-state index < -0.39 is 6.04 Å². The Bertz CT molecular complexity index is 416. The number of carbonyl (C=O) groups excluding carboxylic acids is 4. The Kier molecular flexibility index (Phi) is 14.0. The highest BCUT2D eigenvalue weighted by atomic mass is 127. The summed E-state index contributed by atoms with van der Waals surface area (Å²) in [5, 5.41) is 5.43. The highest BCUT2D eigenvalue weighted by Crippen LogP contribution is 2.05. The minimum absolute atomic E-state index is 0.142. The molecule has 1 unspecified atom stereocenters. The Morgan fingerprint density at radius 3 is 2.17 bits per heavy atom. The number of carbonyl (C=O) groups is 4. The van der Waals surface area contributed by atoms with Crippen LogP contribution in [0, 0.1) is 0 Å². The molecule has 0 fully saturated rings. The molecule has 0 heterocycles. The van der Waals surface area contributed by atoms with Gasteiger partial charge in [0.05, 0.1) is 8.86 Å². The molecule has 0 saturated heterocycles. The summed E-state index contributed by atoms with van der Waals surface area (Å²) in [6, 6.07) is -0.624. The van der Waals surface area contributed by atoms with Crippen LogP contribution in [0.5, 0.6) is 0 Å². The van der Waals surface area contributed by atoms with Crippen LogP contribution in [0.3, 0.4) is 0 Å². The van der Waals surface area contributed by atoms with Crippen LogP contribution in [-0.4, -0.2) is 44.8 Å². The second-order valence-corrected chi connectivity index (χ2v) is 6.63. The molecular formula is C15H24I2N2O4. The van der Waals surface area contributed by atoms with Gasteiger partial charge >= 0.3 is 0 Å². The number of halogens is 2. The summed E-state index contributed by atoms with van der Waals surface area (Å²) in [6.45, 7) is 2.22. The van der Waals surface area contributed by atoms with E-state index in [0.717, 1.165) is 0 Å². The summed E-state index contributed by atoms with van der Waals surface area (Å²) in [7, 11) is 0. The van der Waals surface area contributed by atoms with E-state index in [2.05, 4.69) is 10.6 Å². The fourth-order valence-electron chi connectivity index (χ4n) is 1.87. The van der Waals surface area contributed by atoms with Crippen LogP contribution in [0.1, 0.15) is 45.4 Å². The third-order valence-electron chi connectivity index (χ3n) is 3.20. The van der Waals surface area contributed by atoms with Crippen LogP contribution in [0.2, 0.25) is 0 Å². The van der Waals surface area contributed by atoms with E-state index in [0.29, 0.717) is 49.5 Å².